The quantitative estimate of drug-likeness (QED) is 0.405. The molecule has 1 aliphatic rings. The van der Waals surface area contributed by atoms with Gasteiger partial charge in [-0.25, -0.2) is 0 Å². The molecule has 0 bridgehead atoms. The van der Waals surface area contributed by atoms with Gasteiger partial charge in [-0.15, -0.1) is 11.7 Å². The molecule has 1 N–H and O–H groups in total. The Hall–Kier alpha value is -2.45. The van der Waals surface area contributed by atoms with E-state index < -0.39 is 0 Å². The molecule has 1 aromatic carbocycles. The van der Waals surface area contributed by atoms with E-state index in [-0.39, 0.29) is 11.9 Å². The number of hydrogen-bond acceptors (Lipinski definition) is 5. The van der Waals surface area contributed by atoms with E-state index >= 15 is 0 Å². The topological polar surface area (TPSA) is 62.7 Å². The van der Waals surface area contributed by atoms with Crippen LogP contribution in [0.4, 0.5) is 0 Å². The van der Waals surface area contributed by atoms with Crippen LogP contribution in [0.15, 0.2) is 36.9 Å². The second-order valence-corrected chi connectivity index (χ2v) is 7.55. The van der Waals surface area contributed by atoms with Crippen molar-refractivity contribution in [1.29, 1.82) is 0 Å². The minimum absolute atomic E-state index is 0.0517. The zero-order valence-corrected chi connectivity index (χ0v) is 17.9. The Bertz CT molecular complexity index is 904. The molecule has 156 valence electrons. The number of carbonyl (C=O) groups is 1. The van der Waals surface area contributed by atoms with E-state index in [0.29, 0.717) is 24.6 Å². The average Bonchev–Trinajstić information content (AvgIpc) is 3.04. The second kappa shape index (κ2) is 9.84. The van der Waals surface area contributed by atoms with Crippen molar-refractivity contribution in [3.05, 3.63) is 41.7 Å². The van der Waals surface area contributed by atoms with E-state index in [1.54, 1.807) is 7.11 Å². The minimum Gasteiger partial charge on any atom is -0.497 e. The molecular formula is C21H29N4O3S+. The van der Waals surface area contributed by atoms with Crippen LogP contribution in [0.2, 0.25) is 0 Å². The summed E-state index contributed by atoms with van der Waals surface area (Å²) in [5, 5.41) is 4.80. The highest BCUT2D eigenvalue weighted by Crippen LogP contribution is 2.21. The van der Waals surface area contributed by atoms with Gasteiger partial charge in [-0.2, -0.15) is 4.68 Å². The fourth-order valence-electron chi connectivity index (χ4n) is 3.76. The van der Waals surface area contributed by atoms with Crippen LogP contribution in [0.25, 0.3) is 11.4 Å². The molecule has 0 radical (unpaired) electrons. The van der Waals surface area contributed by atoms with Crippen LogP contribution in [0.1, 0.15) is 19.8 Å². The van der Waals surface area contributed by atoms with Gasteiger partial charge in [0.15, 0.2) is 12.5 Å². The SMILES string of the molecule is C=CCn1c(-c2ccc(OC)cc2)nn(C[NH+]2CCC[C@@H](C(=O)OCC)C2)c1=S. The zero-order valence-electron chi connectivity index (χ0n) is 17.1. The molecule has 0 amide bonds. The molecule has 1 unspecified atom stereocenters. The molecule has 1 fully saturated rings. The summed E-state index contributed by atoms with van der Waals surface area (Å²) in [7, 11) is 1.65. The molecule has 1 aromatic heterocycles. The number of nitrogens with one attached hydrogen (secondary N) is 1. The van der Waals surface area contributed by atoms with Gasteiger partial charge < -0.3 is 14.4 Å². The Kier molecular flexibility index (Phi) is 7.22. The van der Waals surface area contributed by atoms with Crippen molar-refractivity contribution in [2.45, 2.75) is 33.0 Å². The van der Waals surface area contributed by atoms with Crippen molar-refractivity contribution in [2.24, 2.45) is 5.92 Å². The number of ether oxygens (including phenoxy) is 2. The molecular weight excluding hydrogens is 388 g/mol. The largest absolute Gasteiger partial charge is 0.497 e. The molecule has 2 heterocycles. The van der Waals surface area contributed by atoms with Crippen LogP contribution in [-0.4, -0.2) is 47.1 Å². The highest BCUT2D eigenvalue weighted by Gasteiger charge is 2.30. The molecule has 3 rings (SSSR count). The third kappa shape index (κ3) is 4.94. The normalized spacial score (nSPS) is 19.0. The summed E-state index contributed by atoms with van der Waals surface area (Å²) in [4.78, 5) is 13.4. The molecule has 2 atom stereocenters. The smallest absolute Gasteiger partial charge is 0.314 e. The molecule has 1 saturated heterocycles. The van der Waals surface area contributed by atoms with E-state index in [9.17, 15) is 4.79 Å². The molecule has 0 spiro atoms. The first-order valence-electron chi connectivity index (χ1n) is 10.0. The standard InChI is InChI=1S/C21H28N4O3S/c1-4-12-24-19(16-8-10-18(27-3)11-9-16)22-25(21(24)29)15-23-13-6-7-17(14-23)20(26)28-5-2/h4,8-11,17H,1,5-7,12-15H2,2-3H3/p+1/t17-/m1/s1. The number of likely N-dealkylation sites (tertiary alicyclic amines) is 1. The van der Waals surface area contributed by atoms with Crippen molar-refractivity contribution < 1.29 is 19.2 Å². The number of carbonyl (C=O) groups excluding carboxylic acids is 1. The van der Waals surface area contributed by atoms with Crippen LogP contribution in [-0.2, 0) is 22.7 Å². The first-order valence-corrected chi connectivity index (χ1v) is 10.4. The number of piperidine rings is 1. The summed E-state index contributed by atoms with van der Waals surface area (Å²) < 4.78 is 15.0. The maximum Gasteiger partial charge on any atom is 0.314 e. The van der Waals surface area contributed by atoms with Crippen molar-refractivity contribution in [1.82, 2.24) is 14.3 Å². The lowest BCUT2D eigenvalue weighted by molar-refractivity contribution is -0.930. The molecule has 1 aliphatic heterocycles. The Morgan fingerprint density at radius 1 is 1.41 bits per heavy atom. The monoisotopic (exact) mass is 417 g/mol. The Morgan fingerprint density at radius 3 is 2.83 bits per heavy atom. The Morgan fingerprint density at radius 2 is 2.17 bits per heavy atom. The van der Waals surface area contributed by atoms with Gasteiger partial charge in [0.2, 0.25) is 4.77 Å². The first kappa shape index (κ1) is 21.3. The van der Waals surface area contributed by atoms with Crippen LogP contribution in [0.5, 0.6) is 5.75 Å². The van der Waals surface area contributed by atoms with Crippen molar-refractivity contribution in [2.75, 3.05) is 26.8 Å². The van der Waals surface area contributed by atoms with Crippen molar-refractivity contribution >= 4 is 18.2 Å². The molecule has 29 heavy (non-hydrogen) atoms. The van der Waals surface area contributed by atoms with Crippen LogP contribution >= 0.6 is 12.2 Å². The Balaban J connectivity index is 1.83. The molecule has 8 heteroatoms. The average molecular weight is 418 g/mol. The third-order valence-corrected chi connectivity index (χ3v) is 5.63. The fraction of sp³-hybridized carbons (Fsp3) is 0.476. The highest BCUT2D eigenvalue weighted by atomic mass is 32.1. The van der Waals surface area contributed by atoms with E-state index in [4.69, 9.17) is 26.8 Å². The number of aromatic nitrogens is 3. The van der Waals surface area contributed by atoms with Gasteiger partial charge in [0.1, 0.15) is 11.7 Å². The van der Waals surface area contributed by atoms with Gasteiger partial charge in [-0.3, -0.25) is 9.36 Å². The lowest BCUT2D eigenvalue weighted by Crippen LogP contribution is -3.13. The third-order valence-electron chi connectivity index (χ3n) is 5.19. The fourth-order valence-corrected chi connectivity index (χ4v) is 4.03. The number of esters is 1. The second-order valence-electron chi connectivity index (χ2n) is 7.19. The lowest BCUT2D eigenvalue weighted by Gasteiger charge is -2.28. The number of nitrogens with zero attached hydrogens (tertiary/aromatic N) is 3. The molecule has 0 aliphatic carbocycles. The summed E-state index contributed by atoms with van der Waals surface area (Å²) in [6.45, 7) is 9.06. The maximum atomic E-state index is 12.1. The number of hydrogen-bond donors (Lipinski definition) is 1. The van der Waals surface area contributed by atoms with E-state index in [0.717, 1.165) is 43.1 Å². The van der Waals surface area contributed by atoms with Gasteiger partial charge in [-0.1, -0.05) is 6.08 Å². The number of methoxy groups -OCH3 is 1. The Labute approximate surface area is 176 Å². The minimum atomic E-state index is -0.0931. The van der Waals surface area contributed by atoms with Crippen LogP contribution < -0.4 is 9.64 Å². The van der Waals surface area contributed by atoms with Gasteiger partial charge in [0.25, 0.3) is 0 Å². The number of quaternary nitrogens is 1. The zero-order chi connectivity index (χ0) is 20.8. The van der Waals surface area contributed by atoms with E-state index in [2.05, 4.69) is 6.58 Å². The first-order chi connectivity index (χ1) is 14.1. The summed E-state index contributed by atoms with van der Waals surface area (Å²) in [5.41, 5.74) is 0.968. The van der Waals surface area contributed by atoms with Crippen LogP contribution in [0.3, 0.4) is 0 Å². The molecule has 2 aromatic rings. The summed E-state index contributed by atoms with van der Waals surface area (Å²) >= 11 is 5.70. The predicted octanol–water partition coefficient (Wildman–Crippen LogP) is 2.09. The van der Waals surface area contributed by atoms with Crippen molar-refractivity contribution in [3.8, 4) is 17.1 Å². The van der Waals surface area contributed by atoms with Gasteiger partial charge >= 0.3 is 5.97 Å². The number of benzene rings is 1. The highest BCUT2D eigenvalue weighted by molar-refractivity contribution is 7.71. The van der Waals surface area contributed by atoms with Crippen LogP contribution in [0, 0.1) is 10.7 Å². The predicted molar refractivity (Wildman–Crippen MR) is 113 cm³/mol. The molecule has 7 nitrogen and oxygen atoms in total. The number of allylic oxidation sites excluding steroid dienone is 1. The lowest BCUT2D eigenvalue weighted by atomic mass is 9.99. The van der Waals surface area contributed by atoms with Gasteiger partial charge in [0.05, 0.1) is 26.8 Å². The summed E-state index contributed by atoms with van der Waals surface area (Å²) in [6, 6.07) is 7.78. The summed E-state index contributed by atoms with van der Waals surface area (Å²) in [5.74, 6) is 1.45. The molecule has 0 saturated carbocycles. The van der Waals surface area contributed by atoms with E-state index in [1.165, 1.54) is 4.90 Å². The summed E-state index contributed by atoms with van der Waals surface area (Å²) in [6.07, 6.45) is 3.69. The van der Waals surface area contributed by atoms with Gasteiger partial charge in [0, 0.05) is 12.1 Å². The van der Waals surface area contributed by atoms with Gasteiger partial charge in [-0.05, 0) is 56.2 Å². The van der Waals surface area contributed by atoms with Crippen molar-refractivity contribution in [3.63, 3.8) is 0 Å². The maximum absolute atomic E-state index is 12.1. The van der Waals surface area contributed by atoms with E-state index in [1.807, 2.05) is 46.5 Å². The number of rotatable bonds is 8.